The van der Waals surface area contributed by atoms with Crippen molar-refractivity contribution in [1.82, 2.24) is 0 Å². The highest BCUT2D eigenvalue weighted by Crippen LogP contribution is 2.26. The number of rotatable bonds is 7. The third-order valence-electron chi connectivity index (χ3n) is 5.78. The van der Waals surface area contributed by atoms with E-state index < -0.39 is 0 Å². The summed E-state index contributed by atoms with van der Waals surface area (Å²) in [7, 11) is 2.25. The Morgan fingerprint density at radius 2 is 1.59 bits per heavy atom. The first kappa shape index (κ1) is 23.3. The average molecular weight is 398 g/mol. The monoisotopic (exact) mass is 397 g/mol. The van der Waals surface area contributed by atoms with E-state index >= 15 is 0 Å². The van der Waals surface area contributed by atoms with Crippen molar-refractivity contribution in [2.45, 2.75) is 71.3 Å². The van der Waals surface area contributed by atoms with Gasteiger partial charge >= 0.3 is 0 Å². The van der Waals surface area contributed by atoms with Gasteiger partial charge in [0.25, 0.3) is 0 Å². The van der Waals surface area contributed by atoms with Crippen LogP contribution in [0.25, 0.3) is 0 Å². The van der Waals surface area contributed by atoms with E-state index in [1.807, 2.05) is 12.1 Å². The van der Waals surface area contributed by atoms with Gasteiger partial charge in [0, 0.05) is 18.8 Å². The van der Waals surface area contributed by atoms with Crippen molar-refractivity contribution < 1.29 is 9.84 Å². The molecule has 0 spiro atoms. The van der Waals surface area contributed by atoms with Crippen molar-refractivity contribution >= 4 is 5.69 Å². The third-order valence-corrected chi connectivity index (χ3v) is 5.78. The van der Waals surface area contributed by atoms with Crippen LogP contribution in [0, 0.1) is 0 Å². The quantitative estimate of drug-likeness (QED) is 0.604. The molecule has 0 amide bonds. The van der Waals surface area contributed by atoms with Gasteiger partial charge in [0.1, 0.15) is 12.4 Å². The first-order valence-corrected chi connectivity index (χ1v) is 11.2. The van der Waals surface area contributed by atoms with Gasteiger partial charge in [-0.05, 0) is 60.6 Å². The molecule has 0 radical (unpaired) electrons. The lowest BCUT2D eigenvalue weighted by molar-refractivity contribution is 0.201. The topological polar surface area (TPSA) is 32.7 Å². The molecule has 0 atom stereocenters. The molecule has 0 bridgehead atoms. The summed E-state index contributed by atoms with van der Waals surface area (Å²) in [5, 5.41) is 8.55. The van der Waals surface area contributed by atoms with Gasteiger partial charge in [-0.15, -0.1) is 0 Å². The van der Waals surface area contributed by atoms with Crippen molar-refractivity contribution in [3.63, 3.8) is 0 Å². The van der Waals surface area contributed by atoms with Gasteiger partial charge in [-0.1, -0.05) is 64.3 Å². The molecule has 0 heterocycles. The summed E-state index contributed by atoms with van der Waals surface area (Å²) >= 11 is 0. The second kappa shape index (κ2) is 12.5. The molecule has 29 heavy (non-hydrogen) atoms. The second-order valence-electron chi connectivity index (χ2n) is 8.22. The average Bonchev–Trinajstić information content (AvgIpc) is 2.78. The molecule has 3 nitrogen and oxygen atoms in total. The van der Waals surface area contributed by atoms with Crippen LogP contribution in [0.3, 0.4) is 0 Å². The highest BCUT2D eigenvalue weighted by molar-refractivity contribution is 5.47. The van der Waals surface area contributed by atoms with Crippen molar-refractivity contribution in [2.24, 2.45) is 0 Å². The van der Waals surface area contributed by atoms with Crippen molar-refractivity contribution in [2.75, 3.05) is 25.2 Å². The molecule has 1 fully saturated rings. The van der Waals surface area contributed by atoms with Gasteiger partial charge in [0.2, 0.25) is 0 Å². The Kier molecular flexibility index (Phi) is 10.1. The minimum atomic E-state index is 0.0614. The molecule has 3 heteroatoms. The van der Waals surface area contributed by atoms with Gasteiger partial charge in [-0.25, -0.2) is 0 Å². The molecule has 0 unspecified atom stereocenters. The van der Waals surface area contributed by atoms with E-state index in [2.05, 4.69) is 69.1 Å². The summed E-state index contributed by atoms with van der Waals surface area (Å²) in [4.78, 5) is 2.47. The number of aryl methyl sites for hydroxylation is 1. The number of anilines is 1. The van der Waals surface area contributed by atoms with Gasteiger partial charge in [-0.3, -0.25) is 0 Å². The predicted molar refractivity (Wildman–Crippen MR) is 124 cm³/mol. The molecule has 0 aromatic heterocycles. The zero-order chi connectivity index (χ0) is 21.1. The number of hydrogen-bond acceptors (Lipinski definition) is 3. The Balaban J connectivity index is 0.000000212. The summed E-state index contributed by atoms with van der Waals surface area (Å²) in [5.41, 5.74) is 4.11. The third kappa shape index (κ3) is 7.74. The van der Waals surface area contributed by atoms with Crippen LogP contribution in [-0.2, 0) is 6.42 Å². The molecule has 160 valence electrons. The smallest absolute Gasteiger partial charge is 0.119 e. The van der Waals surface area contributed by atoms with Gasteiger partial charge in [-0.2, -0.15) is 0 Å². The van der Waals surface area contributed by atoms with Crippen LogP contribution in [-0.4, -0.2) is 31.4 Å². The molecule has 1 aliphatic carbocycles. The molecule has 3 rings (SSSR count). The number of hydrogen-bond donors (Lipinski definition) is 1. The summed E-state index contributed by atoms with van der Waals surface area (Å²) in [5.74, 6) is 1.37. The maximum absolute atomic E-state index is 8.55. The lowest BCUT2D eigenvalue weighted by Crippen LogP contribution is -2.33. The lowest BCUT2D eigenvalue weighted by atomic mass is 9.94. The zero-order valence-corrected chi connectivity index (χ0v) is 18.7. The SMILES string of the molecule is CC(C)c1ccc(OCCO)cc1.CCc1ccc(N(C)C2CCCCC2)cc1. The summed E-state index contributed by atoms with van der Waals surface area (Å²) in [6.07, 6.45) is 8.11. The highest BCUT2D eigenvalue weighted by atomic mass is 16.5. The van der Waals surface area contributed by atoms with Crippen LogP contribution in [0.5, 0.6) is 5.75 Å². The van der Waals surface area contributed by atoms with Gasteiger partial charge < -0.3 is 14.7 Å². The van der Waals surface area contributed by atoms with Crippen molar-refractivity contribution in [3.05, 3.63) is 59.7 Å². The minimum absolute atomic E-state index is 0.0614. The first-order valence-electron chi connectivity index (χ1n) is 11.2. The normalized spacial score (nSPS) is 14.3. The Bertz CT molecular complexity index is 673. The number of benzene rings is 2. The number of aliphatic hydroxyl groups excluding tert-OH is 1. The molecular weight excluding hydrogens is 358 g/mol. The fourth-order valence-electron chi connectivity index (χ4n) is 3.76. The van der Waals surface area contributed by atoms with Crippen LogP contribution < -0.4 is 9.64 Å². The van der Waals surface area contributed by atoms with Crippen molar-refractivity contribution in [1.29, 1.82) is 0 Å². The van der Waals surface area contributed by atoms with Crippen LogP contribution in [0.2, 0.25) is 0 Å². The number of nitrogens with zero attached hydrogens (tertiary/aromatic N) is 1. The lowest BCUT2D eigenvalue weighted by Gasteiger charge is -2.33. The van der Waals surface area contributed by atoms with Crippen LogP contribution >= 0.6 is 0 Å². The molecule has 0 aliphatic heterocycles. The number of ether oxygens (including phenoxy) is 1. The maximum Gasteiger partial charge on any atom is 0.119 e. The Morgan fingerprint density at radius 3 is 2.10 bits per heavy atom. The summed E-state index contributed by atoms with van der Waals surface area (Å²) in [6, 6.07) is 17.8. The van der Waals surface area contributed by atoms with E-state index in [0.29, 0.717) is 12.5 Å². The Morgan fingerprint density at radius 1 is 0.966 bits per heavy atom. The highest BCUT2D eigenvalue weighted by Gasteiger charge is 2.17. The standard InChI is InChI=1S/C15H23N.C11H16O2/c1-3-13-9-11-15(12-10-13)16(2)14-7-5-4-6-8-14;1-9(2)10-3-5-11(6-4-10)13-8-7-12/h9-12,14H,3-8H2,1-2H3;3-6,9,12H,7-8H2,1-2H3. The molecular formula is C26H39NO2. The largest absolute Gasteiger partial charge is 0.491 e. The second-order valence-corrected chi connectivity index (χ2v) is 8.22. The van der Waals surface area contributed by atoms with Crippen molar-refractivity contribution in [3.8, 4) is 5.75 Å². The van der Waals surface area contributed by atoms with E-state index in [-0.39, 0.29) is 6.61 Å². The van der Waals surface area contributed by atoms with Crippen LogP contribution in [0.4, 0.5) is 5.69 Å². The minimum Gasteiger partial charge on any atom is -0.491 e. The molecule has 0 saturated heterocycles. The first-order chi connectivity index (χ1) is 14.0. The van der Waals surface area contributed by atoms with Crippen LogP contribution in [0.15, 0.2) is 48.5 Å². The van der Waals surface area contributed by atoms with E-state index in [9.17, 15) is 0 Å². The summed E-state index contributed by atoms with van der Waals surface area (Å²) in [6.45, 7) is 6.94. The Hall–Kier alpha value is -2.00. The molecule has 1 N–H and O–H groups in total. The van der Waals surface area contributed by atoms with Crippen LogP contribution in [0.1, 0.15) is 69.9 Å². The molecule has 2 aromatic rings. The van der Waals surface area contributed by atoms with Gasteiger partial charge in [0.15, 0.2) is 0 Å². The van der Waals surface area contributed by atoms with Gasteiger partial charge in [0.05, 0.1) is 6.61 Å². The fraction of sp³-hybridized carbons (Fsp3) is 0.538. The molecule has 2 aromatic carbocycles. The van der Waals surface area contributed by atoms with E-state index in [1.54, 1.807) is 0 Å². The molecule has 1 aliphatic rings. The maximum atomic E-state index is 8.55. The van der Waals surface area contributed by atoms with E-state index in [0.717, 1.165) is 18.2 Å². The molecule has 1 saturated carbocycles. The fourth-order valence-corrected chi connectivity index (χ4v) is 3.76. The number of aliphatic hydroxyl groups is 1. The van der Waals surface area contributed by atoms with E-state index in [4.69, 9.17) is 9.84 Å². The van der Waals surface area contributed by atoms with E-state index in [1.165, 1.54) is 48.9 Å². The zero-order valence-electron chi connectivity index (χ0n) is 18.7. The predicted octanol–water partition coefficient (Wildman–Crippen LogP) is 6.20. The summed E-state index contributed by atoms with van der Waals surface area (Å²) < 4.78 is 5.24. The Labute approximate surface area is 177 Å².